The van der Waals surface area contributed by atoms with Crippen LogP contribution in [0.1, 0.15) is 20.3 Å². The van der Waals surface area contributed by atoms with E-state index in [0.717, 1.165) is 37.6 Å². The number of rotatable bonds is 4. The minimum absolute atomic E-state index is 0.0301. The van der Waals surface area contributed by atoms with Crippen molar-refractivity contribution >= 4 is 40.0 Å². The Morgan fingerprint density at radius 2 is 1.62 bits per heavy atom. The molecule has 1 aromatic rings. The van der Waals surface area contributed by atoms with Crippen LogP contribution >= 0.6 is 11.6 Å². The molecule has 0 saturated carbocycles. The van der Waals surface area contributed by atoms with E-state index in [9.17, 15) is 14.4 Å². The first kappa shape index (κ1) is 18.7. The maximum Gasteiger partial charge on any atom is 0.227 e. The zero-order chi connectivity index (χ0) is 18.8. The normalized spacial score (nSPS) is 20.8. The van der Waals surface area contributed by atoms with E-state index < -0.39 is 11.2 Å². The third kappa shape index (κ3) is 3.85. The summed E-state index contributed by atoms with van der Waals surface area (Å²) < 4.78 is 0. The maximum absolute atomic E-state index is 12.1. The van der Waals surface area contributed by atoms with Gasteiger partial charge < -0.3 is 14.7 Å². The highest BCUT2D eigenvalue weighted by Crippen LogP contribution is 2.28. The summed E-state index contributed by atoms with van der Waals surface area (Å²) in [5.41, 5.74) is 1.86. The van der Waals surface area contributed by atoms with Gasteiger partial charge in [-0.3, -0.25) is 14.4 Å². The van der Waals surface area contributed by atoms with E-state index in [1.807, 2.05) is 43.0 Å². The fraction of sp³-hybridized carbons (Fsp3) is 0.526. The van der Waals surface area contributed by atoms with Crippen molar-refractivity contribution in [1.82, 2.24) is 4.90 Å². The smallest absolute Gasteiger partial charge is 0.227 e. The molecule has 2 heterocycles. The first-order chi connectivity index (χ1) is 12.4. The second-order valence-corrected chi connectivity index (χ2v) is 7.57. The lowest BCUT2D eigenvalue weighted by Crippen LogP contribution is -2.49. The minimum atomic E-state index is -0.453. The van der Waals surface area contributed by atoms with Gasteiger partial charge in [-0.2, -0.15) is 0 Å². The number of hydrogen-bond donors (Lipinski definition) is 0. The van der Waals surface area contributed by atoms with Crippen molar-refractivity contribution in [2.75, 3.05) is 42.5 Å². The number of carbonyl (C=O) groups is 3. The maximum atomic E-state index is 12.1. The van der Waals surface area contributed by atoms with Gasteiger partial charge in [0.25, 0.3) is 0 Å². The lowest BCUT2D eigenvalue weighted by Gasteiger charge is -2.37. The topological polar surface area (TPSA) is 60.9 Å². The number of halogens is 1. The van der Waals surface area contributed by atoms with E-state index >= 15 is 0 Å². The first-order valence-electron chi connectivity index (χ1n) is 9.00. The molecule has 6 nitrogen and oxygen atoms in total. The fourth-order valence-corrected chi connectivity index (χ4v) is 3.65. The second kappa shape index (κ2) is 7.66. The van der Waals surface area contributed by atoms with Crippen LogP contribution in [0.5, 0.6) is 0 Å². The van der Waals surface area contributed by atoms with E-state index in [0.29, 0.717) is 6.54 Å². The molecule has 2 fully saturated rings. The van der Waals surface area contributed by atoms with Gasteiger partial charge in [0.1, 0.15) is 0 Å². The molecular formula is C19H24ClN3O3. The molecule has 0 aromatic heterocycles. The van der Waals surface area contributed by atoms with Crippen LogP contribution in [0.25, 0.3) is 0 Å². The summed E-state index contributed by atoms with van der Waals surface area (Å²) in [6, 6.07) is 7.77. The van der Waals surface area contributed by atoms with Crippen LogP contribution in [-0.2, 0) is 14.4 Å². The van der Waals surface area contributed by atoms with E-state index in [1.54, 1.807) is 4.90 Å². The second-order valence-electron chi connectivity index (χ2n) is 7.19. The predicted octanol–water partition coefficient (Wildman–Crippen LogP) is 2.11. The zero-order valence-corrected chi connectivity index (χ0v) is 15.9. The Bertz CT molecular complexity index is 696. The van der Waals surface area contributed by atoms with Crippen LogP contribution in [0.15, 0.2) is 24.3 Å². The number of amides is 2. The lowest BCUT2D eigenvalue weighted by atomic mass is 10.1. The van der Waals surface area contributed by atoms with Gasteiger partial charge in [-0.05, 0) is 35.9 Å². The molecule has 0 spiro atoms. The number of benzene rings is 1. The van der Waals surface area contributed by atoms with Gasteiger partial charge in [0.2, 0.25) is 17.1 Å². The molecular weight excluding hydrogens is 354 g/mol. The fourth-order valence-electron chi connectivity index (χ4n) is 3.50. The monoisotopic (exact) mass is 377 g/mol. The Morgan fingerprint density at radius 3 is 2.12 bits per heavy atom. The van der Waals surface area contributed by atoms with Crippen LogP contribution < -0.4 is 9.80 Å². The summed E-state index contributed by atoms with van der Waals surface area (Å²) in [5, 5.41) is -0.453. The molecule has 2 saturated heterocycles. The Hall–Kier alpha value is -2.08. The Balaban J connectivity index is 1.61. The molecule has 2 amide bonds. The largest absolute Gasteiger partial charge is 0.368 e. The molecule has 0 aliphatic carbocycles. The molecule has 140 valence electrons. The SMILES string of the molecule is CC(C)C(=O)N1CCN(c2ccc(N3CC(C(=O)Cl)CC3=O)cc2)CC1. The molecule has 2 aliphatic rings. The van der Waals surface area contributed by atoms with Gasteiger partial charge in [0.15, 0.2) is 0 Å². The summed E-state index contributed by atoms with van der Waals surface area (Å²) in [6.07, 6.45) is 0.177. The van der Waals surface area contributed by atoms with Gasteiger partial charge in [0, 0.05) is 56.4 Å². The van der Waals surface area contributed by atoms with Gasteiger partial charge in [-0.1, -0.05) is 13.8 Å². The molecule has 0 bridgehead atoms. The summed E-state index contributed by atoms with van der Waals surface area (Å²) in [7, 11) is 0. The standard InChI is InChI=1S/C19H24ClN3O3/c1-13(2)19(26)22-9-7-21(8-10-22)15-3-5-16(6-4-15)23-12-14(18(20)25)11-17(23)24/h3-6,13-14H,7-12H2,1-2H3. The number of piperazine rings is 1. The molecule has 2 aliphatic heterocycles. The highest BCUT2D eigenvalue weighted by atomic mass is 35.5. The van der Waals surface area contributed by atoms with Gasteiger partial charge >= 0.3 is 0 Å². The zero-order valence-electron chi connectivity index (χ0n) is 15.2. The van der Waals surface area contributed by atoms with E-state index in [1.165, 1.54) is 0 Å². The molecule has 7 heteroatoms. The number of anilines is 2. The molecule has 1 atom stereocenters. The predicted molar refractivity (Wildman–Crippen MR) is 101 cm³/mol. The van der Waals surface area contributed by atoms with Crippen molar-refractivity contribution < 1.29 is 14.4 Å². The highest BCUT2D eigenvalue weighted by Gasteiger charge is 2.34. The number of hydrogen-bond acceptors (Lipinski definition) is 4. The van der Waals surface area contributed by atoms with Crippen molar-refractivity contribution in [2.24, 2.45) is 11.8 Å². The quantitative estimate of drug-likeness (QED) is 0.754. The van der Waals surface area contributed by atoms with Crippen molar-refractivity contribution in [3.63, 3.8) is 0 Å². The third-order valence-corrected chi connectivity index (χ3v) is 5.37. The average molecular weight is 378 g/mol. The van der Waals surface area contributed by atoms with Gasteiger partial charge in [-0.15, -0.1) is 0 Å². The number of nitrogens with zero attached hydrogens (tertiary/aromatic N) is 3. The van der Waals surface area contributed by atoms with Crippen LogP contribution in [-0.4, -0.2) is 54.7 Å². The Kier molecular flexibility index (Phi) is 5.51. The van der Waals surface area contributed by atoms with Crippen molar-refractivity contribution in [1.29, 1.82) is 0 Å². The molecule has 0 N–H and O–H groups in total. The van der Waals surface area contributed by atoms with Crippen LogP contribution in [0.3, 0.4) is 0 Å². The minimum Gasteiger partial charge on any atom is -0.368 e. The Labute approximate surface area is 158 Å². The molecule has 0 radical (unpaired) electrons. The molecule has 1 unspecified atom stereocenters. The molecule has 3 rings (SSSR count). The Morgan fingerprint density at radius 1 is 1.04 bits per heavy atom. The van der Waals surface area contributed by atoms with Crippen LogP contribution in [0.4, 0.5) is 11.4 Å². The number of carbonyl (C=O) groups excluding carboxylic acids is 3. The van der Waals surface area contributed by atoms with Gasteiger partial charge in [0.05, 0.1) is 5.92 Å². The summed E-state index contributed by atoms with van der Waals surface area (Å²) in [5.74, 6) is -0.258. The highest BCUT2D eigenvalue weighted by molar-refractivity contribution is 6.64. The van der Waals surface area contributed by atoms with E-state index in [2.05, 4.69) is 4.90 Å². The summed E-state index contributed by atoms with van der Waals surface area (Å²) in [4.78, 5) is 41.2. The van der Waals surface area contributed by atoms with Gasteiger partial charge in [-0.25, -0.2) is 0 Å². The van der Waals surface area contributed by atoms with Crippen LogP contribution in [0.2, 0.25) is 0 Å². The average Bonchev–Trinajstić information content (AvgIpc) is 3.03. The first-order valence-corrected chi connectivity index (χ1v) is 9.38. The molecule has 26 heavy (non-hydrogen) atoms. The van der Waals surface area contributed by atoms with Crippen molar-refractivity contribution in [2.45, 2.75) is 20.3 Å². The van der Waals surface area contributed by atoms with Crippen molar-refractivity contribution in [3.8, 4) is 0 Å². The lowest BCUT2D eigenvalue weighted by molar-refractivity contribution is -0.134. The third-order valence-electron chi connectivity index (χ3n) is 5.06. The summed E-state index contributed by atoms with van der Waals surface area (Å²) in [6.45, 7) is 7.24. The van der Waals surface area contributed by atoms with E-state index in [4.69, 9.17) is 11.6 Å². The molecule has 1 aromatic carbocycles. The van der Waals surface area contributed by atoms with Crippen LogP contribution in [0, 0.1) is 11.8 Å². The van der Waals surface area contributed by atoms with Crippen molar-refractivity contribution in [3.05, 3.63) is 24.3 Å². The summed E-state index contributed by atoms with van der Waals surface area (Å²) >= 11 is 5.53. The van der Waals surface area contributed by atoms with E-state index in [-0.39, 0.29) is 24.2 Å².